The van der Waals surface area contributed by atoms with E-state index in [0.29, 0.717) is 5.56 Å². The van der Waals surface area contributed by atoms with Gasteiger partial charge in [-0.3, -0.25) is 10.1 Å². The average molecular weight is 231 g/mol. The monoisotopic (exact) mass is 231 g/mol. The van der Waals surface area contributed by atoms with Gasteiger partial charge in [0.05, 0.1) is 0 Å². The minimum atomic E-state index is -1.09. The second-order valence-corrected chi connectivity index (χ2v) is 4.04. The first-order chi connectivity index (χ1) is 8.11. The molecule has 4 nitrogen and oxygen atoms in total. The lowest BCUT2D eigenvalue weighted by Gasteiger charge is -2.14. The van der Waals surface area contributed by atoms with E-state index in [2.05, 4.69) is 0 Å². The molecule has 2 aromatic rings. The van der Waals surface area contributed by atoms with Crippen LogP contribution in [0.3, 0.4) is 0 Å². The van der Waals surface area contributed by atoms with Crippen LogP contribution < -0.4 is 0 Å². The lowest BCUT2D eigenvalue weighted by molar-refractivity contribution is -0.531. The lowest BCUT2D eigenvalue weighted by atomic mass is 9.97. The predicted octanol–water partition coefficient (Wildman–Crippen LogP) is 2.54. The lowest BCUT2D eigenvalue weighted by Crippen LogP contribution is -2.24. The Balaban J connectivity index is 2.52. The van der Waals surface area contributed by atoms with Crippen molar-refractivity contribution in [3.63, 3.8) is 0 Å². The Morgan fingerprint density at radius 2 is 1.82 bits per heavy atom. The Labute approximate surface area is 98.7 Å². The van der Waals surface area contributed by atoms with Crippen molar-refractivity contribution in [2.24, 2.45) is 0 Å². The van der Waals surface area contributed by atoms with Gasteiger partial charge in [0.2, 0.25) is 6.04 Å². The molecule has 0 radical (unpaired) electrons. The van der Waals surface area contributed by atoms with Gasteiger partial charge >= 0.3 is 0 Å². The number of aliphatic hydroxyl groups is 1. The van der Waals surface area contributed by atoms with Crippen molar-refractivity contribution in [3.8, 4) is 0 Å². The fourth-order valence-electron chi connectivity index (χ4n) is 1.88. The Kier molecular flexibility index (Phi) is 3.06. The molecule has 0 spiro atoms. The first-order valence-corrected chi connectivity index (χ1v) is 5.40. The van der Waals surface area contributed by atoms with Crippen LogP contribution in [-0.2, 0) is 0 Å². The number of fused-ring (bicyclic) bond motifs is 1. The highest BCUT2D eigenvalue weighted by molar-refractivity contribution is 5.86. The molecule has 0 bridgehead atoms. The average Bonchev–Trinajstić information content (AvgIpc) is 2.36. The van der Waals surface area contributed by atoms with Gasteiger partial charge in [-0.05, 0) is 16.3 Å². The van der Waals surface area contributed by atoms with Crippen molar-refractivity contribution in [1.82, 2.24) is 0 Å². The van der Waals surface area contributed by atoms with Crippen LogP contribution in [0.1, 0.15) is 18.6 Å². The van der Waals surface area contributed by atoms with Crippen molar-refractivity contribution in [3.05, 3.63) is 58.1 Å². The van der Waals surface area contributed by atoms with Crippen LogP contribution in [0.4, 0.5) is 0 Å². The molecule has 2 aromatic carbocycles. The number of hydrogen-bond acceptors (Lipinski definition) is 3. The van der Waals surface area contributed by atoms with Crippen molar-refractivity contribution >= 4 is 10.8 Å². The fraction of sp³-hybridized carbons (Fsp3) is 0.231. The summed E-state index contributed by atoms with van der Waals surface area (Å²) < 4.78 is 0. The van der Waals surface area contributed by atoms with Crippen LogP contribution in [0.5, 0.6) is 0 Å². The fourth-order valence-corrected chi connectivity index (χ4v) is 1.88. The van der Waals surface area contributed by atoms with Gasteiger partial charge < -0.3 is 5.11 Å². The van der Waals surface area contributed by atoms with Gasteiger partial charge in [0.25, 0.3) is 0 Å². The topological polar surface area (TPSA) is 63.4 Å². The molecule has 0 amide bonds. The second-order valence-electron chi connectivity index (χ2n) is 4.04. The van der Waals surface area contributed by atoms with Crippen molar-refractivity contribution in [1.29, 1.82) is 0 Å². The highest BCUT2D eigenvalue weighted by Crippen LogP contribution is 2.26. The Bertz CT molecular complexity index is 548. The van der Waals surface area contributed by atoms with E-state index < -0.39 is 17.1 Å². The number of benzene rings is 2. The van der Waals surface area contributed by atoms with Gasteiger partial charge in [0.1, 0.15) is 6.10 Å². The summed E-state index contributed by atoms with van der Waals surface area (Å²) >= 11 is 0. The first-order valence-electron chi connectivity index (χ1n) is 5.40. The third kappa shape index (κ3) is 2.12. The summed E-state index contributed by atoms with van der Waals surface area (Å²) in [6.07, 6.45) is -1.09. The zero-order valence-electron chi connectivity index (χ0n) is 9.41. The molecule has 17 heavy (non-hydrogen) atoms. The third-order valence-electron chi connectivity index (χ3n) is 2.93. The Hall–Kier alpha value is -1.94. The van der Waals surface area contributed by atoms with Gasteiger partial charge in [-0.2, -0.15) is 0 Å². The summed E-state index contributed by atoms with van der Waals surface area (Å²) in [5.41, 5.74) is 0.604. The largest absolute Gasteiger partial charge is 0.381 e. The maximum atomic E-state index is 10.7. The standard InChI is InChI=1S/C13H13NO3/c1-9(14(16)17)13(15)12-8-4-6-10-5-2-3-7-11(10)12/h2-9,13,15H,1H3/t9-,13-/m1/s1. The Morgan fingerprint density at radius 1 is 1.18 bits per heavy atom. The van der Waals surface area contributed by atoms with Crippen LogP contribution >= 0.6 is 0 Å². The highest BCUT2D eigenvalue weighted by atomic mass is 16.6. The minimum absolute atomic E-state index is 0.466. The zero-order valence-corrected chi connectivity index (χ0v) is 9.41. The molecule has 2 atom stereocenters. The van der Waals surface area contributed by atoms with Crippen molar-refractivity contribution < 1.29 is 10.0 Å². The molecule has 0 aliphatic rings. The molecule has 0 aliphatic heterocycles. The van der Waals surface area contributed by atoms with Gasteiger partial charge in [-0.25, -0.2) is 0 Å². The third-order valence-corrected chi connectivity index (χ3v) is 2.93. The van der Waals surface area contributed by atoms with Crippen molar-refractivity contribution in [2.75, 3.05) is 0 Å². The van der Waals surface area contributed by atoms with E-state index in [1.165, 1.54) is 6.92 Å². The minimum Gasteiger partial charge on any atom is -0.381 e. The highest BCUT2D eigenvalue weighted by Gasteiger charge is 2.26. The van der Waals surface area contributed by atoms with E-state index >= 15 is 0 Å². The smallest absolute Gasteiger partial charge is 0.239 e. The molecule has 1 N–H and O–H groups in total. The molecule has 4 heteroatoms. The second kappa shape index (κ2) is 4.51. The molecule has 0 aromatic heterocycles. The van der Waals surface area contributed by atoms with Crippen LogP contribution in [-0.4, -0.2) is 16.1 Å². The first kappa shape index (κ1) is 11.5. The van der Waals surface area contributed by atoms with Gasteiger partial charge in [0, 0.05) is 11.8 Å². The summed E-state index contributed by atoms with van der Waals surface area (Å²) in [6.45, 7) is 1.41. The zero-order chi connectivity index (χ0) is 12.4. The summed E-state index contributed by atoms with van der Waals surface area (Å²) in [6, 6.07) is 12.0. The van der Waals surface area contributed by atoms with E-state index in [0.717, 1.165) is 10.8 Å². The number of rotatable bonds is 3. The number of aliphatic hydroxyl groups excluding tert-OH is 1. The molecule has 0 fully saturated rings. The van der Waals surface area contributed by atoms with Gasteiger partial charge in [-0.15, -0.1) is 0 Å². The number of nitrogens with zero attached hydrogens (tertiary/aromatic N) is 1. The van der Waals surface area contributed by atoms with Crippen LogP contribution in [0, 0.1) is 10.1 Å². The summed E-state index contributed by atoms with van der Waals surface area (Å²) in [7, 11) is 0. The molecule has 88 valence electrons. The molecular formula is C13H13NO3. The molecule has 0 aliphatic carbocycles. The maximum Gasteiger partial charge on any atom is 0.239 e. The van der Waals surface area contributed by atoms with Gasteiger partial charge in [-0.1, -0.05) is 42.5 Å². The number of nitro groups is 1. The molecule has 0 unspecified atom stereocenters. The molecule has 0 saturated heterocycles. The van der Waals surface area contributed by atoms with E-state index in [9.17, 15) is 15.2 Å². The van der Waals surface area contributed by atoms with E-state index in [1.54, 1.807) is 12.1 Å². The van der Waals surface area contributed by atoms with Gasteiger partial charge in [0.15, 0.2) is 0 Å². The van der Waals surface area contributed by atoms with E-state index in [-0.39, 0.29) is 0 Å². The SMILES string of the molecule is C[C@H]([C@@H](O)c1cccc2ccccc12)[N+](=O)[O-]. The van der Waals surface area contributed by atoms with E-state index in [1.807, 2.05) is 30.3 Å². The van der Waals surface area contributed by atoms with Crippen molar-refractivity contribution in [2.45, 2.75) is 19.1 Å². The molecular weight excluding hydrogens is 218 g/mol. The summed E-state index contributed by atoms with van der Waals surface area (Å²) in [5, 5.41) is 22.5. The number of hydrogen-bond donors (Lipinski definition) is 1. The molecule has 2 rings (SSSR count). The molecule has 0 saturated carbocycles. The predicted molar refractivity (Wildman–Crippen MR) is 65.4 cm³/mol. The maximum absolute atomic E-state index is 10.7. The van der Waals surface area contributed by atoms with E-state index in [4.69, 9.17) is 0 Å². The quantitative estimate of drug-likeness (QED) is 0.652. The van der Waals surface area contributed by atoms with Crippen LogP contribution in [0.25, 0.3) is 10.8 Å². The molecule has 0 heterocycles. The van der Waals surface area contributed by atoms with Crippen LogP contribution in [0.2, 0.25) is 0 Å². The van der Waals surface area contributed by atoms with Crippen LogP contribution in [0.15, 0.2) is 42.5 Å². The summed E-state index contributed by atoms with van der Waals surface area (Å²) in [5.74, 6) is 0. The Morgan fingerprint density at radius 3 is 2.53 bits per heavy atom. The normalized spacial score (nSPS) is 14.5. The summed E-state index contributed by atoms with van der Waals surface area (Å²) in [4.78, 5) is 10.2.